The van der Waals surface area contributed by atoms with Gasteiger partial charge in [-0.2, -0.15) is 0 Å². The van der Waals surface area contributed by atoms with Crippen molar-refractivity contribution in [3.05, 3.63) is 36.5 Å². The second-order valence-corrected chi connectivity index (χ2v) is 6.26. The zero-order valence-electron chi connectivity index (χ0n) is 9.83. The van der Waals surface area contributed by atoms with Crippen LogP contribution < -0.4 is 4.72 Å². The molecule has 5 heteroatoms. The number of rotatable bonds is 3. The van der Waals surface area contributed by atoms with Crippen LogP contribution in [0.1, 0.15) is 19.3 Å². The zero-order valence-corrected chi connectivity index (χ0v) is 10.7. The molecule has 1 saturated carbocycles. The number of hydrogen-bond acceptors (Lipinski definition) is 3. The van der Waals surface area contributed by atoms with Gasteiger partial charge >= 0.3 is 0 Å². The van der Waals surface area contributed by atoms with Gasteiger partial charge in [0.25, 0.3) is 0 Å². The van der Waals surface area contributed by atoms with E-state index in [-0.39, 0.29) is 10.9 Å². The van der Waals surface area contributed by atoms with E-state index in [4.69, 9.17) is 0 Å². The third-order valence-corrected chi connectivity index (χ3v) is 4.86. The Hall–Kier alpha value is -1.46. The molecule has 1 heterocycles. The molecule has 0 aliphatic heterocycles. The molecule has 3 rings (SSSR count). The van der Waals surface area contributed by atoms with Gasteiger partial charge in [-0.3, -0.25) is 4.98 Å². The van der Waals surface area contributed by atoms with Crippen LogP contribution in [0.4, 0.5) is 0 Å². The van der Waals surface area contributed by atoms with E-state index in [1.165, 1.54) is 0 Å². The average Bonchev–Trinajstić information content (AvgIpc) is 2.33. The molecule has 0 radical (unpaired) electrons. The van der Waals surface area contributed by atoms with Gasteiger partial charge in [-0.25, -0.2) is 13.1 Å². The molecule has 1 aliphatic rings. The van der Waals surface area contributed by atoms with Gasteiger partial charge in [-0.15, -0.1) is 0 Å². The van der Waals surface area contributed by atoms with Crippen molar-refractivity contribution in [2.45, 2.75) is 30.2 Å². The maximum absolute atomic E-state index is 12.3. The lowest BCUT2D eigenvalue weighted by Crippen LogP contribution is -2.39. The predicted molar refractivity (Wildman–Crippen MR) is 69.7 cm³/mol. The van der Waals surface area contributed by atoms with Crippen molar-refractivity contribution in [3.63, 3.8) is 0 Å². The highest BCUT2D eigenvalue weighted by Crippen LogP contribution is 2.24. The molecule has 1 aliphatic carbocycles. The number of sulfonamides is 1. The number of aromatic nitrogens is 1. The Morgan fingerprint density at radius 3 is 2.67 bits per heavy atom. The summed E-state index contributed by atoms with van der Waals surface area (Å²) >= 11 is 0. The standard InChI is InChI=1S/C13H14N2O2S/c16-18(17,15-11-6-2-7-11)12-8-1-4-10-5-3-9-14-13(10)12/h1,3-5,8-9,11,15H,2,6-7H2. The molecule has 18 heavy (non-hydrogen) atoms. The number of pyridine rings is 1. The van der Waals surface area contributed by atoms with Gasteiger partial charge in [0, 0.05) is 17.6 Å². The number of hydrogen-bond donors (Lipinski definition) is 1. The van der Waals surface area contributed by atoms with E-state index in [9.17, 15) is 8.42 Å². The summed E-state index contributed by atoms with van der Waals surface area (Å²) < 4.78 is 27.3. The topological polar surface area (TPSA) is 59.1 Å². The summed E-state index contributed by atoms with van der Waals surface area (Å²) in [6, 6.07) is 8.98. The van der Waals surface area contributed by atoms with Crippen molar-refractivity contribution in [1.82, 2.24) is 9.71 Å². The van der Waals surface area contributed by atoms with Crippen LogP contribution in [0, 0.1) is 0 Å². The quantitative estimate of drug-likeness (QED) is 0.921. The molecule has 4 nitrogen and oxygen atoms in total. The van der Waals surface area contributed by atoms with Crippen LogP contribution >= 0.6 is 0 Å². The highest BCUT2D eigenvalue weighted by Gasteiger charge is 2.26. The molecule has 1 fully saturated rings. The van der Waals surface area contributed by atoms with Gasteiger partial charge in [0.1, 0.15) is 4.90 Å². The minimum Gasteiger partial charge on any atom is -0.255 e. The Kier molecular flexibility index (Phi) is 2.80. The summed E-state index contributed by atoms with van der Waals surface area (Å²) in [5, 5.41) is 0.842. The first-order chi connectivity index (χ1) is 8.67. The molecule has 0 bridgehead atoms. The van der Waals surface area contributed by atoms with E-state index in [0.717, 1.165) is 24.6 Å². The molecule has 0 amide bonds. The largest absolute Gasteiger partial charge is 0.255 e. The second kappa shape index (κ2) is 4.33. The van der Waals surface area contributed by atoms with Crippen LogP contribution in [0.25, 0.3) is 10.9 Å². The lowest BCUT2D eigenvalue weighted by Gasteiger charge is -2.26. The summed E-state index contributed by atoms with van der Waals surface area (Å²) in [6.45, 7) is 0. The summed E-state index contributed by atoms with van der Waals surface area (Å²) in [4.78, 5) is 4.45. The monoisotopic (exact) mass is 262 g/mol. The molecule has 94 valence electrons. The van der Waals surface area contributed by atoms with Crippen molar-refractivity contribution < 1.29 is 8.42 Å². The second-order valence-electron chi connectivity index (χ2n) is 4.58. The number of benzene rings is 1. The molecule has 1 N–H and O–H groups in total. The van der Waals surface area contributed by atoms with Crippen LogP contribution in [-0.4, -0.2) is 19.4 Å². The third-order valence-electron chi connectivity index (χ3n) is 3.31. The van der Waals surface area contributed by atoms with Crippen LogP contribution in [0.2, 0.25) is 0 Å². The first kappa shape index (κ1) is 11.6. The van der Waals surface area contributed by atoms with E-state index < -0.39 is 10.0 Å². The van der Waals surface area contributed by atoms with Gasteiger partial charge in [0.2, 0.25) is 10.0 Å². The van der Waals surface area contributed by atoms with Crippen LogP contribution in [0.5, 0.6) is 0 Å². The van der Waals surface area contributed by atoms with Crippen LogP contribution in [0.3, 0.4) is 0 Å². The lowest BCUT2D eigenvalue weighted by molar-refractivity contribution is 0.383. The molecule has 0 spiro atoms. The predicted octanol–water partition coefficient (Wildman–Crippen LogP) is 2.07. The summed E-state index contributed by atoms with van der Waals surface area (Å²) in [6.07, 6.45) is 4.57. The lowest BCUT2D eigenvalue weighted by atomic mass is 9.94. The maximum atomic E-state index is 12.3. The molecular formula is C13H14N2O2S. The van der Waals surface area contributed by atoms with Crippen molar-refractivity contribution >= 4 is 20.9 Å². The molecular weight excluding hydrogens is 248 g/mol. The third kappa shape index (κ3) is 2.00. The molecule has 1 aromatic heterocycles. The summed E-state index contributed by atoms with van der Waals surface area (Å²) in [7, 11) is -3.46. The minimum absolute atomic E-state index is 0.0916. The number of nitrogens with one attached hydrogen (secondary N) is 1. The Labute approximate surface area is 106 Å². The van der Waals surface area contributed by atoms with Crippen molar-refractivity contribution in [2.75, 3.05) is 0 Å². The van der Waals surface area contributed by atoms with E-state index in [1.54, 1.807) is 24.4 Å². The van der Waals surface area contributed by atoms with E-state index in [2.05, 4.69) is 9.71 Å². The first-order valence-corrected chi connectivity index (χ1v) is 7.51. The van der Waals surface area contributed by atoms with Crippen molar-refractivity contribution in [2.24, 2.45) is 0 Å². The fourth-order valence-electron chi connectivity index (χ4n) is 2.10. The molecule has 0 saturated heterocycles. The van der Waals surface area contributed by atoms with Gasteiger partial charge in [-0.1, -0.05) is 24.6 Å². The fourth-order valence-corrected chi connectivity index (χ4v) is 3.59. The Balaban J connectivity index is 2.07. The van der Waals surface area contributed by atoms with Gasteiger partial charge in [0.05, 0.1) is 5.52 Å². The smallest absolute Gasteiger partial charge is 0.242 e. The molecule has 2 aromatic rings. The normalized spacial score (nSPS) is 16.7. The zero-order chi connectivity index (χ0) is 12.6. The van der Waals surface area contributed by atoms with Gasteiger partial charge in [0.15, 0.2) is 0 Å². The van der Waals surface area contributed by atoms with Gasteiger partial charge < -0.3 is 0 Å². The minimum atomic E-state index is -3.46. The highest BCUT2D eigenvalue weighted by molar-refractivity contribution is 7.89. The first-order valence-electron chi connectivity index (χ1n) is 6.03. The van der Waals surface area contributed by atoms with Gasteiger partial charge in [-0.05, 0) is 25.0 Å². The van der Waals surface area contributed by atoms with Crippen molar-refractivity contribution in [3.8, 4) is 0 Å². The molecule has 0 unspecified atom stereocenters. The Bertz CT molecular complexity index is 673. The Morgan fingerprint density at radius 2 is 1.94 bits per heavy atom. The average molecular weight is 262 g/mol. The summed E-state index contributed by atoms with van der Waals surface area (Å²) in [5.41, 5.74) is 0.534. The summed E-state index contributed by atoms with van der Waals surface area (Å²) in [5.74, 6) is 0. The number of nitrogens with zero attached hydrogens (tertiary/aromatic N) is 1. The van der Waals surface area contributed by atoms with Crippen LogP contribution in [0.15, 0.2) is 41.4 Å². The van der Waals surface area contributed by atoms with E-state index in [0.29, 0.717) is 5.52 Å². The Morgan fingerprint density at radius 1 is 1.17 bits per heavy atom. The fraction of sp³-hybridized carbons (Fsp3) is 0.308. The van der Waals surface area contributed by atoms with Crippen LogP contribution in [-0.2, 0) is 10.0 Å². The highest BCUT2D eigenvalue weighted by atomic mass is 32.2. The van der Waals surface area contributed by atoms with E-state index >= 15 is 0 Å². The number of para-hydroxylation sites is 1. The maximum Gasteiger partial charge on any atom is 0.242 e. The SMILES string of the molecule is O=S(=O)(NC1CCC1)c1cccc2cccnc12. The number of fused-ring (bicyclic) bond motifs is 1. The molecule has 1 aromatic carbocycles. The molecule has 0 atom stereocenters. The van der Waals surface area contributed by atoms with Crippen molar-refractivity contribution in [1.29, 1.82) is 0 Å². The van der Waals surface area contributed by atoms with E-state index in [1.807, 2.05) is 12.1 Å².